The number of sulfonamides is 1. The quantitative estimate of drug-likeness (QED) is 0.199. The molecule has 0 spiro atoms. The van der Waals surface area contributed by atoms with Crippen molar-refractivity contribution in [1.82, 2.24) is 25.2 Å². The third-order valence-electron chi connectivity index (χ3n) is 8.77. The van der Waals surface area contributed by atoms with Crippen LogP contribution in [-0.4, -0.2) is 83.8 Å². The summed E-state index contributed by atoms with van der Waals surface area (Å²) >= 11 is 11.4. The van der Waals surface area contributed by atoms with Gasteiger partial charge in [-0.15, -0.1) is 6.58 Å². The lowest BCUT2D eigenvalue weighted by molar-refractivity contribution is -0.142. The lowest BCUT2D eigenvalue weighted by atomic mass is 9.85. The van der Waals surface area contributed by atoms with Crippen LogP contribution in [0.2, 0.25) is 5.02 Å². The fourth-order valence-electron chi connectivity index (χ4n) is 5.93. The molecule has 2 heterocycles. The van der Waals surface area contributed by atoms with Crippen LogP contribution in [0, 0.1) is 11.3 Å². The molecule has 5 N–H and O–H groups in total. The molecule has 1 aliphatic heterocycles. The summed E-state index contributed by atoms with van der Waals surface area (Å²) < 4.78 is 39.1. The first kappa shape index (κ1) is 34.6. The number of aromatic nitrogens is 1. The number of nitrogens with zero attached hydrogens (tertiary/aromatic N) is 2. The number of hydrogen-bond acceptors (Lipinski definition) is 9. The number of carbonyl (C=O) groups excluding carboxylic acids is 3. The lowest BCUT2D eigenvalue weighted by Gasteiger charge is -2.35. The summed E-state index contributed by atoms with van der Waals surface area (Å²) in [5.74, 6) is -1.71. The zero-order valence-corrected chi connectivity index (χ0v) is 28.9. The van der Waals surface area contributed by atoms with Gasteiger partial charge < -0.3 is 30.7 Å². The number of likely N-dealkylation sites (tertiary alicyclic amines) is 1. The van der Waals surface area contributed by atoms with E-state index in [4.69, 9.17) is 39.0 Å². The van der Waals surface area contributed by atoms with Crippen molar-refractivity contribution in [2.24, 2.45) is 17.1 Å². The first-order valence-corrected chi connectivity index (χ1v) is 17.5. The van der Waals surface area contributed by atoms with Crippen molar-refractivity contribution < 1.29 is 32.3 Å². The summed E-state index contributed by atoms with van der Waals surface area (Å²) in [7, 11) is -2.36. The number of nitrogens with two attached hydrogens (primary N) is 1. The van der Waals surface area contributed by atoms with Crippen molar-refractivity contribution in [1.29, 1.82) is 0 Å². The molecule has 5 rings (SSSR count). The number of benzene rings is 1. The number of fused-ring (bicyclic) bond motifs is 1. The monoisotopic (exact) mass is 706 g/mol. The Kier molecular flexibility index (Phi) is 9.38. The summed E-state index contributed by atoms with van der Waals surface area (Å²) in [5, 5.41) is 6.64. The maximum absolute atomic E-state index is 14.2. The number of halogens is 1. The van der Waals surface area contributed by atoms with Gasteiger partial charge >= 0.3 is 0 Å². The van der Waals surface area contributed by atoms with E-state index in [9.17, 15) is 22.8 Å². The highest BCUT2D eigenvalue weighted by atomic mass is 35.5. The van der Waals surface area contributed by atoms with Crippen molar-refractivity contribution in [3.8, 4) is 11.6 Å². The highest BCUT2D eigenvalue weighted by molar-refractivity contribution is 7.91. The van der Waals surface area contributed by atoms with Crippen molar-refractivity contribution in [2.45, 2.75) is 75.4 Å². The molecular formula is C31H39ClN6O7S2. The van der Waals surface area contributed by atoms with E-state index in [0.29, 0.717) is 34.4 Å². The van der Waals surface area contributed by atoms with Gasteiger partial charge in [-0.1, -0.05) is 38.4 Å². The molecule has 13 nitrogen and oxygen atoms in total. The van der Waals surface area contributed by atoms with Gasteiger partial charge in [-0.3, -0.25) is 19.1 Å². The molecule has 2 aliphatic carbocycles. The number of methoxy groups -OCH3 is 1. The van der Waals surface area contributed by atoms with E-state index in [1.54, 1.807) is 18.2 Å². The zero-order valence-electron chi connectivity index (χ0n) is 26.5. The third kappa shape index (κ3) is 7.11. The van der Waals surface area contributed by atoms with Gasteiger partial charge in [0.1, 0.15) is 29.5 Å². The highest BCUT2D eigenvalue weighted by Crippen LogP contribution is 2.45. The summed E-state index contributed by atoms with van der Waals surface area (Å²) in [4.78, 5) is 47.4. The van der Waals surface area contributed by atoms with Gasteiger partial charge in [0.25, 0.3) is 5.91 Å². The number of rotatable bonds is 11. The Balaban J connectivity index is 1.45. The predicted molar refractivity (Wildman–Crippen MR) is 180 cm³/mol. The fraction of sp³-hybridized carbons (Fsp3) is 0.516. The Morgan fingerprint density at radius 1 is 1.26 bits per heavy atom. The Bertz CT molecular complexity index is 1750. The van der Waals surface area contributed by atoms with E-state index in [1.807, 2.05) is 20.8 Å². The maximum Gasteiger partial charge on any atom is 0.259 e. The van der Waals surface area contributed by atoms with Gasteiger partial charge in [0.05, 0.1) is 25.1 Å². The van der Waals surface area contributed by atoms with Crippen LogP contribution in [0.4, 0.5) is 0 Å². The first-order chi connectivity index (χ1) is 22.0. The van der Waals surface area contributed by atoms with Crippen LogP contribution in [0.3, 0.4) is 0 Å². The van der Waals surface area contributed by atoms with Gasteiger partial charge in [0.15, 0.2) is 5.11 Å². The molecule has 5 atom stereocenters. The number of ether oxygens (including phenoxy) is 2. The van der Waals surface area contributed by atoms with Crippen LogP contribution in [0.1, 0.15) is 46.5 Å². The molecule has 16 heteroatoms. The van der Waals surface area contributed by atoms with Crippen LogP contribution in [0.15, 0.2) is 37.1 Å². The topological polar surface area (TPSA) is 182 Å². The Hall–Kier alpha value is -3.69. The number of nitrogens with one attached hydrogen (secondary N) is 3. The molecule has 2 aromatic rings. The molecule has 1 aromatic carbocycles. The van der Waals surface area contributed by atoms with Gasteiger partial charge in [-0.05, 0) is 55.1 Å². The van der Waals surface area contributed by atoms with Crippen LogP contribution in [-0.2, 0) is 24.4 Å². The Morgan fingerprint density at radius 3 is 2.53 bits per heavy atom. The van der Waals surface area contributed by atoms with E-state index >= 15 is 0 Å². The van der Waals surface area contributed by atoms with Crippen LogP contribution < -0.4 is 30.6 Å². The molecule has 254 valence electrons. The molecule has 47 heavy (non-hydrogen) atoms. The number of pyridine rings is 1. The van der Waals surface area contributed by atoms with E-state index in [0.717, 1.165) is 0 Å². The van der Waals surface area contributed by atoms with Crippen LogP contribution in [0.25, 0.3) is 10.8 Å². The molecule has 3 fully saturated rings. The van der Waals surface area contributed by atoms with E-state index < -0.39 is 68.1 Å². The number of amides is 3. The number of hydrogen-bond donors (Lipinski definition) is 4. The fourth-order valence-corrected chi connectivity index (χ4v) is 7.58. The normalized spacial score (nSPS) is 24.6. The molecule has 0 radical (unpaired) electrons. The van der Waals surface area contributed by atoms with Gasteiger partial charge in [-0.2, -0.15) is 0 Å². The molecule has 1 saturated heterocycles. The number of carbonyl (C=O) groups is 3. The van der Waals surface area contributed by atoms with Crippen molar-refractivity contribution in [3.63, 3.8) is 0 Å². The Labute approximate surface area is 284 Å². The largest absolute Gasteiger partial charge is 0.494 e. The predicted octanol–water partition coefficient (Wildman–Crippen LogP) is 2.16. The molecule has 1 aromatic heterocycles. The van der Waals surface area contributed by atoms with E-state index in [1.165, 1.54) is 24.3 Å². The van der Waals surface area contributed by atoms with Crippen molar-refractivity contribution >= 4 is 67.4 Å². The second-order valence-corrected chi connectivity index (χ2v) is 16.1. The zero-order chi connectivity index (χ0) is 34.5. The molecular weight excluding hydrogens is 668 g/mol. The average Bonchev–Trinajstić information content (AvgIpc) is 3.92. The molecule has 3 aliphatic rings. The SMILES string of the molecule is C=C[C@@H]1C[C@]1(NC(=O)[C@@H]1C[C@@H](Oc2ncc(OC)c3ccc(Cl)cc23)CN1C(=O)[C@@H](NC(N)=S)C(C)(C)C)C(=O)NS(=O)(=O)C1CC1. The average molecular weight is 707 g/mol. The minimum absolute atomic E-state index is 0.0155. The molecule has 2 saturated carbocycles. The van der Waals surface area contributed by atoms with E-state index in [-0.39, 0.29) is 30.4 Å². The molecule has 3 amide bonds. The smallest absolute Gasteiger partial charge is 0.259 e. The van der Waals surface area contributed by atoms with Crippen molar-refractivity contribution in [3.05, 3.63) is 42.1 Å². The molecule has 0 unspecified atom stereocenters. The Morgan fingerprint density at radius 2 is 1.96 bits per heavy atom. The summed E-state index contributed by atoms with van der Waals surface area (Å²) in [6.07, 6.45) is 3.42. The molecule has 0 bridgehead atoms. The van der Waals surface area contributed by atoms with Gasteiger partial charge in [0.2, 0.25) is 27.7 Å². The second kappa shape index (κ2) is 12.7. The maximum atomic E-state index is 14.2. The summed E-state index contributed by atoms with van der Waals surface area (Å²) in [5.41, 5.74) is 3.58. The minimum atomic E-state index is -3.88. The van der Waals surface area contributed by atoms with Gasteiger partial charge in [-0.25, -0.2) is 13.4 Å². The van der Waals surface area contributed by atoms with E-state index in [2.05, 4.69) is 26.9 Å². The highest BCUT2D eigenvalue weighted by Gasteiger charge is 2.62. The standard InChI is InChI=1S/C31H39ClN6O7S2/c1-6-16-13-31(16,28(41)37-47(42,43)19-8-9-19)36-25(39)22-12-18(15-38(22)27(40)24(30(2,3)4)35-29(33)46)45-26-21-11-17(32)7-10-20(21)23(44-5)14-34-26/h6-7,10-11,14,16,18-19,22,24H,1,8-9,12-13,15H2,2-5H3,(H,36,39)(H,37,41)(H3,33,35,46)/t16-,18-,22+,24-,31-/m1/s1. The van der Waals surface area contributed by atoms with Crippen LogP contribution in [0.5, 0.6) is 11.6 Å². The lowest BCUT2D eigenvalue weighted by Crippen LogP contribution is -2.60. The second-order valence-electron chi connectivity index (χ2n) is 13.3. The van der Waals surface area contributed by atoms with Crippen LogP contribution >= 0.6 is 23.8 Å². The van der Waals surface area contributed by atoms with Crippen molar-refractivity contribution in [2.75, 3.05) is 13.7 Å². The summed E-state index contributed by atoms with van der Waals surface area (Å²) in [6, 6.07) is 3.17. The van der Waals surface area contributed by atoms with Gasteiger partial charge in [0, 0.05) is 28.1 Å². The minimum Gasteiger partial charge on any atom is -0.494 e. The summed E-state index contributed by atoms with van der Waals surface area (Å²) in [6.45, 7) is 9.22. The third-order valence-corrected chi connectivity index (χ3v) is 10.9. The first-order valence-electron chi connectivity index (χ1n) is 15.2. The number of thiocarbonyl (C=S) groups is 1.